The van der Waals surface area contributed by atoms with Gasteiger partial charge in [-0.05, 0) is 63.2 Å². The molecule has 0 spiro atoms. The normalized spacial score (nSPS) is 24.6. The molecule has 2 aliphatic carbocycles. The molecule has 0 amide bonds. The van der Waals surface area contributed by atoms with E-state index >= 15 is 0 Å². The summed E-state index contributed by atoms with van der Waals surface area (Å²) in [5.74, 6) is 3.08. The van der Waals surface area contributed by atoms with Crippen LogP contribution in [0.5, 0.6) is 0 Å². The lowest BCUT2D eigenvalue weighted by Gasteiger charge is -2.37. The van der Waals surface area contributed by atoms with Gasteiger partial charge >= 0.3 is 5.76 Å². The van der Waals surface area contributed by atoms with Crippen molar-refractivity contribution in [2.75, 3.05) is 43.7 Å². The fourth-order valence-electron chi connectivity index (χ4n) is 6.34. The van der Waals surface area contributed by atoms with Crippen LogP contribution < -0.4 is 16.0 Å². The largest absolute Gasteiger partial charge is 0.439 e. The number of aromatic amines is 1. The predicted molar refractivity (Wildman–Crippen MR) is 151 cm³/mol. The molecule has 0 aromatic carbocycles. The Bertz CT molecular complexity index is 1370. The van der Waals surface area contributed by atoms with Gasteiger partial charge in [0.2, 0.25) is 17.6 Å². The van der Waals surface area contributed by atoms with Crippen LogP contribution >= 0.6 is 0 Å². The molecule has 40 heavy (non-hydrogen) atoms. The number of aromatic nitrogens is 6. The fraction of sp³-hybridized carbons (Fsp3) is 0.679. The molecule has 3 aliphatic rings. The Labute approximate surface area is 233 Å². The first-order valence-electron chi connectivity index (χ1n) is 14.6. The third-order valence-electron chi connectivity index (χ3n) is 8.97. The maximum absolute atomic E-state index is 11.7. The van der Waals surface area contributed by atoms with E-state index in [2.05, 4.69) is 44.5 Å². The van der Waals surface area contributed by atoms with Crippen LogP contribution in [0.3, 0.4) is 0 Å². The van der Waals surface area contributed by atoms with Gasteiger partial charge in [-0.1, -0.05) is 17.7 Å². The highest BCUT2D eigenvalue weighted by molar-refractivity contribution is 5.87. The number of H-pyrrole nitrogens is 1. The molecule has 1 aliphatic heterocycles. The van der Waals surface area contributed by atoms with Crippen LogP contribution in [0.15, 0.2) is 22.0 Å². The summed E-state index contributed by atoms with van der Waals surface area (Å²) in [6.07, 6.45) is 10.4. The summed E-state index contributed by atoms with van der Waals surface area (Å²) in [4.78, 5) is 31.4. The summed E-state index contributed by atoms with van der Waals surface area (Å²) in [5.41, 5.74) is 1.44. The highest BCUT2D eigenvalue weighted by atomic mass is 16.5. The Morgan fingerprint density at radius 1 is 1.20 bits per heavy atom. The summed E-state index contributed by atoms with van der Waals surface area (Å²) >= 11 is 0. The summed E-state index contributed by atoms with van der Waals surface area (Å²) in [6, 6.07) is 0.269. The van der Waals surface area contributed by atoms with Crippen molar-refractivity contribution in [2.45, 2.75) is 70.5 Å². The molecule has 12 heteroatoms. The van der Waals surface area contributed by atoms with E-state index in [1.54, 1.807) is 7.11 Å². The maximum atomic E-state index is 11.7. The standard InChI is InChI=1S/C28H40N8O4/c1-4-18-8-10-19(11-9-18)14-36-22-23(29-17(2)20-6-5-7-20)30-25(26-33-28(37)40-34-26)31-24(22)32-27(36)35-12-13-39-16-21(35)15-38-3/h4,17-21H,1,5-16H2,2-3H3,(H,29,30,31)(H,33,34,37)/t17-,18?,19?,21?/m1/s1. The number of anilines is 2. The lowest BCUT2D eigenvalue weighted by atomic mass is 9.80. The van der Waals surface area contributed by atoms with Crippen LogP contribution in [0.1, 0.15) is 51.9 Å². The molecule has 2 N–H and O–H groups in total. The second-order valence-corrected chi connectivity index (χ2v) is 11.6. The summed E-state index contributed by atoms with van der Waals surface area (Å²) in [6.45, 7) is 9.49. The van der Waals surface area contributed by atoms with Crippen molar-refractivity contribution in [3.8, 4) is 11.6 Å². The number of allylic oxidation sites excluding steroid dienone is 1. The number of ether oxygens (including phenoxy) is 2. The molecule has 3 fully saturated rings. The second-order valence-electron chi connectivity index (χ2n) is 11.6. The average Bonchev–Trinajstić information content (AvgIpc) is 3.52. The minimum atomic E-state index is -0.645. The molecule has 3 aromatic rings. The molecule has 216 valence electrons. The molecule has 2 saturated carbocycles. The zero-order valence-electron chi connectivity index (χ0n) is 23.5. The Hall–Kier alpha value is -3.25. The molecule has 1 unspecified atom stereocenters. The summed E-state index contributed by atoms with van der Waals surface area (Å²) in [5, 5.41) is 7.56. The number of rotatable bonds is 10. The fourth-order valence-corrected chi connectivity index (χ4v) is 6.34. The summed E-state index contributed by atoms with van der Waals surface area (Å²) in [7, 11) is 1.72. The van der Waals surface area contributed by atoms with Gasteiger partial charge in [-0.3, -0.25) is 9.51 Å². The minimum Gasteiger partial charge on any atom is -0.382 e. The Kier molecular flexibility index (Phi) is 7.88. The highest BCUT2D eigenvalue weighted by Crippen LogP contribution is 2.37. The van der Waals surface area contributed by atoms with Crippen molar-refractivity contribution in [3.05, 3.63) is 23.2 Å². The van der Waals surface area contributed by atoms with Crippen LogP contribution in [0.2, 0.25) is 0 Å². The van der Waals surface area contributed by atoms with Crippen molar-refractivity contribution >= 4 is 22.9 Å². The predicted octanol–water partition coefficient (Wildman–Crippen LogP) is 3.61. The quantitative estimate of drug-likeness (QED) is 0.359. The first-order valence-corrected chi connectivity index (χ1v) is 14.6. The highest BCUT2D eigenvalue weighted by Gasteiger charge is 2.32. The molecule has 0 bridgehead atoms. The molecule has 1 saturated heterocycles. The third kappa shape index (κ3) is 5.38. The number of nitrogens with zero attached hydrogens (tertiary/aromatic N) is 6. The molecule has 2 atom stereocenters. The molecule has 4 heterocycles. The van der Waals surface area contributed by atoms with E-state index in [0.29, 0.717) is 55.6 Å². The van der Waals surface area contributed by atoms with Gasteiger partial charge in [0.15, 0.2) is 11.5 Å². The summed E-state index contributed by atoms with van der Waals surface area (Å²) < 4.78 is 18.5. The zero-order chi connectivity index (χ0) is 27.6. The number of nitrogens with one attached hydrogen (secondary N) is 2. The van der Waals surface area contributed by atoms with E-state index in [1.165, 1.54) is 19.3 Å². The van der Waals surface area contributed by atoms with Gasteiger partial charge in [0.1, 0.15) is 5.52 Å². The van der Waals surface area contributed by atoms with Crippen LogP contribution in [0.4, 0.5) is 11.8 Å². The monoisotopic (exact) mass is 552 g/mol. The van der Waals surface area contributed by atoms with Crippen molar-refractivity contribution in [1.82, 2.24) is 29.7 Å². The lowest BCUT2D eigenvalue weighted by Crippen LogP contribution is -2.49. The van der Waals surface area contributed by atoms with E-state index in [4.69, 9.17) is 28.9 Å². The number of imidazole rings is 1. The van der Waals surface area contributed by atoms with Gasteiger partial charge in [-0.2, -0.15) is 4.98 Å². The van der Waals surface area contributed by atoms with E-state index in [1.807, 2.05) is 0 Å². The van der Waals surface area contributed by atoms with E-state index < -0.39 is 5.76 Å². The van der Waals surface area contributed by atoms with Crippen LogP contribution in [-0.2, 0) is 16.0 Å². The first kappa shape index (κ1) is 26.9. The zero-order valence-corrected chi connectivity index (χ0v) is 23.5. The van der Waals surface area contributed by atoms with Gasteiger partial charge in [0.25, 0.3) is 0 Å². The second kappa shape index (κ2) is 11.7. The molecule has 12 nitrogen and oxygen atoms in total. The topological polar surface area (TPSA) is 136 Å². The van der Waals surface area contributed by atoms with Gasteiger partial charge in [-0.15, -0.1) is 6.58 Å². The Morgan fingerprint density at radius 2 is 2.02 bits per heavy atom. The average molecular weight is 553 g/mol. The Morgan fingerprint density at radius 3 is 2.70 bits per heavy atom. The maximum Gasteiger partial charge on any atom is 0.439 e. The van der Waals surface area contributed by atoms with E-state index in [9.17, 15) is 4.79 Å². The molecule has 0 radical (unpaired) electrons. The van der Waals surface area contributed by atoms with Crippen molar-refractivity contribution in [1.29, 1.82) is 0 Å². The van der Waals surface area contributed by atoms with Gasteiger partial charge in [0.05, 0.1) is 25.9 Å². The SMILES string of the molecule is C=CC1CCC(Cn2c(N3CCOCC3COC)nc3nc(-c4noc(=O)[nH]4)nc(N[C@H](C)C4CCC4)c32)CC1. The Balaban J connectivity index is 1.47. The minimum absolute atomic E-state index is 0.0375. The van der Waals surface area contributed by atoms with E-state index in [-0.39, 0.29) is 23.7 Å². The van der Waals surface area contributed by atoms with Gasteiger partial charge in [-0.25, -0.2) is 14.8 Å². The number of fused-ring (bicyclic) bond motifs is 1. The van der Waals surface area contributed by atoms with Gasteiger partial charge in [0, 0.05) is 26.2 Å². The van der Waals surface area contributed by atoms with Crippen molar-refractivity contribution < 1.29 is 14.0 Å². The molecule has 3 aromatic heterocycles. The van der Waals surface area contributed by atoms with E-state index in [0.717, 1.165) is 43.7 Å². The van der Waals surface area contributed by atoms with Crippen LogP contribution in [0, 0.1) is 17.8 Å². The van der Waals surface area contributed by atoms with Crippen LogP contribution in [0.25, 0.3) is 22.8 Å². The number of hydrogen-bond acceptors (Lipinski definition) is 10. The number of hydrogen-bond donors (Lipinski definition) is 2. The number of morpholine rings is 1. The number of methoxy groups -OCH3 is 1. The first-order chi connectivity index (χ1) is 19.5. The third-order valence-corrected chi connectivity index (χ3v) is 8.97. The molecular weight excluding hydrogens is 512 g/mol. The van der Waals surface area contributed by atoms with Gasteiger partial charge < -0.3 is 24.3 Å². The van der Waals surface area contributed by atoms with Crippen molar-refractivity contribution in [2.24, 2.45) is 17.8 Å². The van der Waals surface area contributed by atoms with Crippen molar-refractivity contribution in [3.63, 3.8) is 0 Å². The lowest BCUT2D eigenvalue weighted by molar-refractivity contribution is 0.0589. The molecule has 6 rings (SSSR count). The smallest absolute Gasteiger partial charge is 0.382 e. The molecular formula is C28H40N8O4. The van der Waals surface area contributed by atoms with Crippen LogP contribution in [-0.4, -0.2) is 75.2 Å².